The zero-order chi connectivity index (χ0) is 12.8. The lowest BCUT2D eigenvalue weighted by Crippen LogP contribution is -2.02. The molecule has 0 amide bonds. The predicted molar refractivity (Wildman–Crippen MR) is 73.1 cm³/mol. The second-order valence-electron chi connectivity index (χ2n) is 3.56. The quantitative estimate of drug-likeness (QED) is 0.597. The Morgan fingerprint density at radius 3 is 2.82 bits per heavy atom. The van der Waals surface area contributed by atoms with Crippen LogP contribution in [0.15, 0.2) is 4.47 Å². The van der Waals surface area contributed by atoms with Crippen LogP contribution in [0.1, 0.15) is 24.7 Å². The summed E-state index contributed by atoms with van der Waals surface area (Å²) in [7, 11) is 3.36. The van der Waals surface area contributed by atoms with Crippen molar-refractivity contribution in [3.8, 4) is 0 Å². The first-order valence-corrected chi connectivity index (χ1v) is 7.39. The monoisotopic (exact) mass is 320 g/mol. The van der Waals surface area contributed by atoms with E-state index in [0.29, 0.717) is 6.42 Å². The molecular formula is C11H17BrN2O2S. The van der Waals surface area contributed by atoms with Crippen molar-refractivity contribution in [3.05, 3.63) is 15.9 Å². The average Bonchev–Trinajstić information content (AvgIpc) is 2.60. The summed E-state index contributed by atoms with van der Waals surface area (Å²) >= 11 is 5.28. The largest absolute Gasteiger partial charge is 0.469 e. The van der Waals surface area contributed by atoms with Crippen molar-refractivity contribution in [1.82, 2.24) is 9.78 Å². The van der Waals surface area contributed by atoms with Gasteiger partial charge in [-0.3, -0.25) is 9.48 Å². The Morgan fingerprint density at radius 1 is 1.59 bits per heavy atom. The zero-order valence-electron chi connectivity index (χ0n) is 10.3. The Bertz CT molecular complexity index is 393. The second kappa shape index (κ2) is 7.06. The summed E-state index contributed by atoms with van der Waals surface area (Å²) in [5, 5.41) is 4.42. The lowest BCUT2D eigenvalue weighted by molar-refractivity contribution is -0.140. The number of halogens is 1. The Kier molecular flexibility index (Phi) is 6.05. The van der Waals surface area contributed by atoms with Gasteiger partial charge in [-0.1, -0.05) is 6.92 Å². The van der Waals surface area contributed by atoms with Gasteiger partial charge in [0, 0.05) is 18.6 Å². The molecule has 0 atom stereocenters. The zero-order valence-corrected chi connectivity index (χ0v) is 12.7. The van der Waals surface area contributed by atoms with Crippen molar-refractivity contribution in [2.45, 2.75) is 25.5 Å². The van der Waals surface area contributed by atoms with Crippen LogP contribution in [0.4, 0.5) is 0 Å². The Hall–Kier alpha value is -0.490. The highest BCUT2D eigenvalue weighted by Gasteiger charge is 2.12. The molecule has 0 unspecified atom stereocenters. The normalized spacial score (nSPS) is 10.6. The minimum atomic E-state index is -0.157. The Morgan fingerprint density at radius 2 is 2.29 bits per heavy atom. The van der Waals surface area contributed by atoms with Crippen molar-refractivity contribution >= 4 is 33.7 Å². The number of hydrogen-bond donors (Lipinski definition) is 0. The lowest BCUT2D eigenvalue weighted by Gasteiger charge is -2.02. The van der Waals surface area contributed by atoms with Crippen molar-refractivity contribution in [3.63, 3.8) is 0 Å². The smallest absolute Gasteiger partial charge is 0.306 e. The lowest BCUT2D eigenvalue weighted by atomic mass is 10.3. The van der Waals surface area contributed by atoms with Gasteiger partial charge in [0.15, 0.2) is 0 Å². The first-order valence-electron chi connectivity index (χ1n) is 5.45. The van der Waals surface area contributed by atoms with Crippen LogP contribution in [0, 0.1) is 0 Å². The average molecular weight is 321 g/mol. The summed E-state index contributed by atoms with van der Waals surface area (Å²) < 4.78 is 7.58. The van der Waals surface area contributed by atoms with Gasteiger partial charge < -0.3 is 4.74 Å². The fraction of sp³-hybridized carbons (Fsp3) is 0.636. The van der Waals surface area contributed by atoms with E-state index in [1.54, 1.807) is 11.8 Å². The highest BCUT2D eigenvalue weighted by Crippen LogP contribution is 2.25. The summed E-state index contributed by atoms with van der Waals surface area (Å²) in [6, 6.07) is 0. The molecule has 0 aliphatic rings. The standard InChI is InChI=1S/C11H17BrN2O2S/c1-4-8-11(12)9(14(2)13-8)7-17-6-5-10(15)16-3/h4-7H2,1-3H3. The minimum absolute atomic E-state index is 0.157. The van der Waals surface area contributed by atoms with E-state index in [1.807, 2.05) is 11.7 Å². The van der Waals surface area contributed by atoms with Crippen LogP contribution in [0.25, 0.3) is 0 Å². The number of nitrogens with zero attached hydrogens (tertiary/aromatic N) is 2. The van der Waals surface area contributed by atoms with Gasteiger partial charge in [-0.25, -0.2) is 0 Å². The Balaban J connectivity index is 2.46. The molecule has 0 aliphatic carbocycles. The van der Waals surface area contributed by atoms with E-state index in [1.165, 1.54) is 7.11 Å². The third kappa shape index (κ3) is 4.03. The van der Waals surface area contributed by atoms with E-state index >= 15 is 0 Å². The number of thioether (sulfide) groups is 1. The SMILES string of the molecule is CCc1nn(C)c(CSCCC(=O)OC)c1Br. The van der Waals surface area contributed by atoms with E-state index in [2.05, 4.69) is 32.7 Å². The van der Waals surface area contributed by atoms with Crippen LogP contribution in [-0.2, 0) is 28.8 Å². The number of aromatic nitrogens is 2. The van der Waals surface area contributed by atoms with Gasteiger partial charge >= 0.3 is 5.97 Å². The second-order valence-corrected chi connectivity index (χ2v) is 5.46. The molecule has 4 nitrogen and oxygen atoms in total. The number of esters is 1. The molecule has 0 saturated heterocycles. The van der Waals surface area contributed by atoms with E-state index in [0.717, 1.165) is 33.8 Å². The van der Waals surface area contributed by atoms with Crippen LogP contribution < -0.4 is 0 Å². The minimum Gasteiger partial charge on any atom is -0.469 e. The molecule has 0 N–H and O–H groups in total. The number of hydrogen-bond acceptors (Lipinski definition) is 4. The van der Waals surface area contributed by atoms with Crippen molar-refractivity contribution in [2.75, 3.05) is 12.9 Å². The van der Waals surface area contributed by atoms with Gasteiger partial charge in [0.25, 0.3) is 0 Å². The number of ether oxygens (including phenoxy) is 1. The molecule has 0 spiro atoms. The van der Waals surface area contributed by atoms with Gasteiger partial charge in [-0.2, -0.15) is 16.9 Å². The summed E-state index contributed by atoms with van der Waals surface area (Å²) in [5.41, 5.74) is 2.24. The topological polar surface area (TPSA) is 44.1 Å². The molecule has 17 heavy (non-hydrogen) atoms. The number of carbonyl (C=O) groups is 1. The van der Waals surface area contributed by atoms with E-state index in [9.17, 15) is 4.79 Å². The van der Waals surface area contributed by atoms with E-state index in [4.69, 9.17) is 0 Å². The van der Waals surface area contributed by atoms with Gasteiger partial charge in [-0.15, -0.1) is 0 Å². The van der Waals surface area contributed by atoms with E-state index < -0.39 is 0 Å². The molecule has 0 bridgehead atoms. The highest BCUT2D eigenvalue weighted by atomic mass is 79.9. The van der Waals surface area contributed by atoms with Crippen molar-refractivity contribution in [1.29, 1.82) is 0 Å². The third-order valence-electron chi connectivity index (χ3n) is 2.42. The summed E-state index contributed by atoms with van der Waals surface area (Å²) in [5.74, 6) is 1.46. The van der Waals surface area contributed by atoms with Crippen LogP contribution in [-0.4, -0.2) is 28.6 Å². The molecule has 0 fully saturated rings. The van der Waals surface area contributed by atoms with E-state index in [-0.39, 0.29) is 5.97 Å². The van der Waals surface area contributed by atoms with Crippen molar-refractivity contribution in [2.24, 2.45) is 7.05 Å². The summed E-state index contributed by atoms with van der Waals surface area (Å²) in [6.07, 6.45) is 1.37. The maximum atomic E-state index is 10.9. The number of carbonyl (C=O) groups excluding carboxylic acids is 1. The van der Waals surface area contributed by atoms with Crippen LogP contribution in [0.2, 0.25) is 0 Å². The van der Waals surface area contributed by atoms with Gasteiger partial charge in [0.1, 0.15) is 0 Å². The molecule has 0 radical (unpaired) electrons. The van der Waals surface area contributed by atoms with Gasteiger partial charge in [0.2, 0.25) is 0 Å². The molecular weight excluding hydrogens is 304 g/mol. The molecule has 6 heteroatoms. The highest BCUT2D eigenvalue weighted by molar-refractivity contribution is 9.10. The maximum absolute atomic E-state index is 10.9. The molecule has 1 heterocycles. The third-order valence-corrected chi connectivity index (χ3v) is 4.31. The molecule has 0 aliphatic heterocycles. The van der Waals surface area contributed by atoms with Crippen molar-refractivity contribution < 1.29 is 9.53 Å². The predicted octanol–water partition coefficient (Wildman–Crippen LogP) is 2.54. The molecule has 1 aromatic rings. The molecule has 1 rings (SSSR count). The Labute approximate surface area is 114 Å². The molecule has 1 aromatic heterocycles. The number of methoxy groups -OCH3 is 1. The maximum Gasteiger partial charge on any atom is 0.306 e. The first-order chi connectivity index (χ1) is 8.10. The molecule has 0 aromatic carbocycles. The summed E-state index contributed by atoms with van der Waals surface area (Å²) in [6.45, 7) is 2.08. The molecule has 96 valence electrons. The van der Waals surface area contributed by atoms with Crippen LogP contribution in [0.3, 0.4) is 0 Å². The summed E-state index contributed by atoms with van der Waals surface area (Å²) in [4.78, 5) is 10.9. The van der Waals surface area contributed by atoms with Crippen LogP contribution >= 0.6 is 27.7 Å². The van der Waals surface area contributed by atoms with Gasteiger partial charge in [-0.05, 0) is 22.4 Å². The first kappa shape index (κ1) is 14.6. The molecule has 0 saturated carbocycles. The number of rotatable bonds is 6. The number of aryl methyl sites for hydroxylation is 2. The van der Waals surface area contributed by atoms with Crippen LogP contribution in [0.5, 0.6) is 0 Å². The fourth-order valence-electron chi connectivity index (χ4n) is 1.40. The fourth-order valence-corrected chi connectivity index (χ4v) is 3.32. The van der Waals surface area contributed by atoms with Gasteiger partial charge in [0.05, 0.1) is 29.4 Å².